The zero-order chi connectivity index (χ0) is 11.3. The Bertz CT molecular complexity index is 397. The molecule has 1 N–H and O–H groups in total. The number of sulfonamides is 1. The van der Waals surface area contributed by atoms with Crippen molar-refractivity contribution in [1.82, 2.24) is 0 Å². The Morgan fingerprint density at radius 1 is 1.27 bits per heavy atom. The fourth-order valence-corrected chi connectivity index (χ4v) is 1.62. The molecule has 0 radical (unpaired) electrons. The van der Waals surface area contributed by atoms with Gasteiger partial charge in [-0.2, -0.15) is 0 Å². The fourth-order valence-electron chi connectivity index (χ4n) is 1.05. The van der Waals surface area contributed by atoms with Gasteiger partial charge in [-0.3, -0.25) is 4.72 Å². The molecule has 0 aliphatic carbocycles. The summed E-state index contributed by atoms with van der Waals surface area (Å²) in [5.41, 5.74) is 0.543. The first-order valence-electron chi connectivity index (χ1n) is 4.72. The second-order valence-corrected chi connectivity index (χ2v) is 5.00. The molecule has 15 heavy (non-hydrogen) atoms. The van der Waals surface area contributed by atoms with Gasteiger partial charge in [-0.25, -0.2) is 8.42 Å². The lowest BCUT2D eigenvalue weighted by molar-refractivity contribution is 0.317. The lowest BCUT2D eigenvalue weighted by atomic mass is 10.3. The molecule has 0 heterocycles. The van der Waals surface area contributed by atoms with E-state index >= 15 is 0 Å². The summed E-state index contributed by atoms with van der Waals surface area (Å²) in [7, 11) is -3.20. The Labute approximate surface area is 90.3 Å². The normalized spacial score (nSPS) is 11.1. The minimum Gasteiger partial charge on any atom is -0.494 e. The number of hydrogen-bond acceptors (Lipinski definition) is 3. The number of anilines is 1. The molecule has 1 rings (SSSR count). The SMILES string of the molecule is CCCOc1ccc(NS(C)(=O)=O)cc1. The van der Waals surface area contributed by atoms with Crippen molar-refractivity contribution in [1.29, 1.82) is 0 Å². The highest BCUT2D eigenvalue weighted by molar-refractivity contribution is 7.92. The maximum absolute atomic E-state index is 10.9. The second kappa shape index (κ2) is 5.02. The molecule has 84 valence electrons. The first kappa shape index (κ1) is 11.8. The van der Waals surface area contributed by atoms with Crippen LogP contribution >= 0.6 is 0 Å². The second-order valence-electron chi connectivity index (χ2n) is 3.25. The van der Waals surface area contributed by atoms with Crippen LogP contribution in [-0.4, -0.2) is 21.3 Å². The summed E-state index contributed by atoms with van der Waals surface area (Å²) in [5.74, 6) is 0.746. The van der Waals surface area contributed by atoms with Crippen LogP contribution in [0.5, 0.6) is 5.75 Å². The van der Waals surface area contributed by atoms with Gasteiger partial charge in [0, 0.05) is 5.69 Å². The first-order valence-corrected chi connectivity index (χ1v) is 6.61. The van der Waals surface area contributed by atoms with Crippen LogP contribution in [0.3, 0.4) is 0 Å². The largest absolute Gasteiger partial charge is 0.494 e. The van der Waals surface area contributed by atoms with Gasteiger partial charge < -0.3 is 4.74 Å². The van der Waals surface area contributed by atoms with Gasteiger partial charge in [-0.15, -0.1) is 0 Å². The van der Waals surface area contributed by atoms with E-state index in [0.29, 0.717) is 12.3 Å². The van der Waals surface area contributed by atoms with E-state index in [4.69, 9.17) is 4.74 Å². The maximum Gasteiger partial charge on any atom is 0.229 e. The smallest absolute Gasteiger partial charge is 0.229 e. The molecule has 0 amide bonds. The van der Waals surface area contributed by atoms with E-state index in [1.807, 2.05) is 6.92 Å². The van der Waals surface area contributed by atoms with Crippen molar-refractivity contribution in [3.63, 3.8) is 0 Å². The van der Waals surface area contributed by atoms with Crippen LogP contribution in [-0.2, 0) is 10.0 Å². The molecule has 0 aliphatic heterocycles. The molecule has 0 aliphatic rings. The number of ether oxygens (including phenoxy) is 1. The summed E-state index contributed by atoms with van der Waals surface area (Å²) in [6.07, 6.45) is 2.07. The van der Waals surface area contributed by atoms with Crippen molar-refractivity contribution < 1.29 is 13.2 Å². The Morgan fingerprint density at radius 3 is 2.33 bits per heavy atom. The zero-order valence-corrected chi connectivity index (χ0v) is 9.67. The highest BCUT2D eigenvalue weighted by Crippen LogP contribution is 2.16. The molecular weight excluding hydrogens is 214 g/mol. The summed E-state index contributed by atoms with van der Waals surface area (Å²) in [6, 6.07) is 6.82. The van der Waals surface area contributed by atoms with Gasteiger partial charge in [-0.05, 0) is 30.7 Å². The third kappa shape index (κ3) is 4.69. The van der Waals surface area contributed by atoms with Crippen LogP contribution < -0.4 is 9.46 Å². The van der Waals surface area contributed by atoms with E-state index in [-0.39, 0.29) is 0 Å². The van der Waals surface area contributed by atoms with Gasteiger partial charge in [0.1, 0.15) is 5.75 Å². The summed E-state index contributed by atoms with van der Waals surface area (Å²) in [5, 5.41) is 0. The predicted octanol–water partition coefficient (Wildman–Crippen LogP) is 1.85. The Kier molecular flexibility index (Phi) is 3.96. The van der Waals surface area contributed by atoms with Gasteiger partial charge in [0.15, 0.2) is 0 Å². The van der Waals surface area contributed by atoms with Crippen LogP contribution in [0.15, 0.2) is 24.3 Å². The number of benzene rings is 1. The van der Waals surface area contributed by atoms with E-state index in [9.17, 15) is 8.42 Å². The molecular formula is C10H15NO3S. The summed E-state index contributed by atoms with van der Waals surface area (Å²) in [4.78, 5) is 0. The monoisotopic (exact) mass is 229 g/mol. The lowest BCUT2D eigenvalue weighted by Crippen LogP contribution is -2.09. The highest BCUT2D eigenvalue weighted by Gasteiger charge is 2.01. The maximum atomic E-state index is 10.9. The Hall–Kier alpha value is -1.23. The molecule has 0 spiro atoms. The molecule has 1 aromatic rings. The van der Waals surface area contributed by atoms with E-state index in [2.05, 4.69) is 4.72 Å². The van der Waals surface area contributed by atoms with Crippen molar-refractivity contribution in [2.75, 3.05) is 17.6 Å². The lowest BCUT2D eigenvalue weighted by Gasteiger charge is -2.06. The predicted molar refractivity (Wildman–Crippen MR) is 60.7 cm³/mol. The van der Waals surface area contributed by atoms with Crippen molar-refractivity contribution in [2.24, 2.45) is 0 Å². The Morgan fingerprint density at radius 2 is 1.87 bits per heavy atom. The summed E-state index contributed by atoms with van der Waals surface area (Å²) in [6.45, 7) is 2.69. The zero-order valence-electron chi connectivity index (χ0n) is 8.86. The van der Waals surface area contributed by atoms with Crippen LogP contribution in [0.25, 0.3) is 0 Å². The molecule has 0 saturated heterocycles. The third-order valence-corrected chi connectivity index (χ3v) is 2.24. The van der Waals surface area contributed by atoms with Gasteiger partial charge in [0.25, 0.3) is 0 Å². The molecule has 0 fully saturated rings. The van der Waals surface area contributed by atoms with Crippen molar-refractivity contribution in [2.45, 2.75) is 13.3 Å². The standard InChI is InChI=1S/C10H15NO3S/c1-3-8-14-10-6-4-9(5-7-10)11-15(2,12)13/h4-7,11H,3,8H2,1-2H3. The fraction of sp³-hybridized carbons (Fsp3) is 0.400. The van der Waals surface area contributed by atoms with E-state index in [1.54, 1.807) is 24.3 Å². The molecule has 5 heteroatoms. The van der Waals surface area contributed by atoms with Gasteiger partial charge in [0.2, 0.25) is 10.0 Å². The van der Waals surface area contributed by atoms with E-state index < -0.39 is 10.0 Å². The minimum absolute atomic E-state index is 0.543. The number of nitrogens with one attached hydrogen (secondary N) is 1. The van der Waals surface area contributed by atoms with E-state index in [1.165, 1.54) is 0 Å². The average Bonchev–Trinajstić information content (AvgIpc) is 2.14. The highest BCUT2D eigenvalue weighted by atomic mass is 32.2. The molecule has 1 aromatic carbocycles. The average molecular weight is 229 g/mol. The van der Waals surface area contributed by atoms with Crippen molar-refractivity contribution >= 4 is 15.7 Å². The van der Waals surface area contributed by atoms with Crippen molar-refractivity contribution in [3.05, 3.63) is 24.3 Å². The molecule has 0 unspecified atom stereocenters. The first-order chi connectivity index (χ1) is 7.01. The Balaban J connectivity index is 2.64. The third-order valence-electron chi connectivity index (χ3n) is 1.63. The molecule has 0 atom stereocenters. The van der Waals surface area contributed by atoms with Crippen molar-refractivity contribution in [3.8, 4) is 5.75 Å². The van der Waals surface area contributed by atoms with Gasteiger partial charge in [-0.1, -0.05) is 6.92 Å². The van der Waals surface area contributed by atoms with Crippen LogP contribution in [0.4, 0.5) is 5.69 Å². The summed E-state index contributed by atoms with van der Waals surface area (Å²) < 4.78 is 29.6. The number of hydrogen-bond donors (Lipinski definition) is 1. The minimum atomic E-state index is -3.20. The molecule has 0 aromatic heterocycles. The van der Waals surface area contributed by atoms with Gasteiger partial charge >= 0.3 is 0 Å². The van der Waals surface area contributed by atoms with Gasteiger partial charge in [0.05, 0.1) is 12.9 Å². The van der Waals surface area contributed by atoms with Crippen LogP contribution in [0, 0.1) is 0 Å². The van der Waals surface area contributed by atoms with Crippen LogP contribution in [0.2, 0.25) is 0 Å². The molecule has 4 nitrogen and oxygen atoms in total. The quantitative estimate of drug-likeness (QED) is 0.838. The molecule has 0 bridgehead atoms. The van der Waals surface area contributed by atoms with E-state index in [0.717, 1.165) is 18.4 Å². The molecule has 0 saturated carbocycles. The topological polar surface area (TPSA) is 55.4 Å². The summed E-state index contributed by atoms with van der Waals surface area (Å²) >= 11 is 0. The van der Waals surface area contributed by atoms with Crippen LogP contribution in [0.1, 0.15) is 13.3 Å². The number of rotatable bonds is 5.